The predicted octanol–water partition coefficient (Wildman–Crippen LogP) is 3.73. The maximum Gasteiger partial charge on any atom is 0.148 e. The first-order valence-electron chi connectivity index (χ1n) is 8.46. The zero-order chi connectivity index (χ0) is 17.5. The molecule has 0 bridgehead atoms. The summed E-state index contributed by atoms with van der Waals surface area (Å²) in [5.74, 6) is -0.402. The highest BCUT2D eigenvalue weighted by Gasteiger charge is 2.47. The van der Waals surface area contributed by atoms with Crippen molar-refractivity contribution in [3.63, 3.8) is 0 Å². The lowest BCUT2D eigenvalue weighted by atomic mass is 9.63. The summed E-state index contributed by atoms with van der Waals surface area (Å²) < 4.78 is 0.986. The molecule has 0 amide bonds. The highest BCUT2D eigenvalue weighted by molar-refractivity contribution is 9.10. The second-order valence-corrected chi connectivity index (χ2v) is 8.20. The van der Waals surface area contributed by atoms with Gasteiger partial charge in [0.2, 0.25) is 0 Å². The van der Waals surface area contributed by atoms with Gasteiger partial charge in [-0.2, -0.15) is 5.06 Å². The fourth-order valence-electron chi connectivity index (χ4n) is 4.38. The topological polar surface area (TPSA) is 46.6 Å². The van der Waals surface area contributed by atoms with Crippen molar-refractivity contribution >= 4 is 27.5 Å². The molecule has 3 rings (SSSR count). The van der Waals surface area contributed by atoms with E-state index in [4.69, 9.17) is 4.84 Å². The van der Waals surface area contributed by atoms with Crippen LogP contribution in [0.2, 0.25) is 0 Å². The van der Waals surface area contributed by atoms with Gasteiger partial charge in [-0.05, 0) is 60.9 Å². The molecule has 1 aliphatic carbocycles. The first kappa shape index (κ1) is 17.8. The molecule has 0 aromatic heterocycles. The van der Waals surface area contributed by atoms with Gasteiger partial charge in [0, 0.05) is 30.4 Å². The Morgan fingerprint density at radius 1 is 1.08 bits per heavy atom. The minimum atomic E-state index is -0.579. The molecule has 1 spiro atoms. The fraction of sp³-hybridized carbons (Fsp3) is 0.579. The van der Waals surface area contributed by atoms with Gasteiger partial charge in [-0.25, -0.2) is 0 Å². The summed E-state index contributed by atoms with van der Waals surface area (Å²) in [4.78, 5) is 31.2. The third-order valence-corrected chi connectivity index (χ3v) is 6.09. The number of ketones is 2. The summed E-state index contributed by atoms with van der Waals surface area (Å²) >= 11 is 3.48. The van der Waals surface area contributed by atoms with Crippen molar-refractivity contribution in [3.05, 3.63) is 33.3 Å². The molecule has 1 saturated heterocycles. The Morgan fingerprint density at radius 3 is 2.04 bits per heavy atom. The van der Waals surface area contributed by atoms with Gasteiger partial charge in [-0.15, -0.1) is 0 Å². The number of hydrogen-bond acceptors (Lipinski definition) is 4. The number of aryl methyl sites for hydroxylation is 2. The van der Waals surface area contributed by atoms with Crippen molar-refractivity contribution in [3.8, 4) is 0 Å². The summed E-state index contributed by atoms with van der Waals surface area (Å²) in [7, 11) is 1.67. The van der Waals surface area contributed by atoms with E-state index in [0.29, 0.717) is 12.8 Å². The number of Topliss-reactive ketones (excluding diaryl/α,β-unsaturated/α-hetero) is 2. The maximum atomic E-state index is 12.9. The number of benzene rings is 1. The normalized spacial score (nSPS) is 22.3. The van der Waals surface area contributed by atoms with E-state index in [1.165, 1.54) is 0 Å². The van der Waals surface area contributed by atoms with Crippen LogP contribution in [-0.2, 0) is 14.4 Å². The molecule has 1 saturated carbocycles. The summed E-state index contributed by atoms with van der Waals surface area (Å²) in [5.41, 5.74) is 2.78. The van der Waals surface area contributed by atoms with Crippen LogP contribution in [0.3, 0.4) is 0 Å². The van der Waals surface area contributed by atoms with Crippen molar-refractivity contribution in [2.24, 2.45) is 5.41 Å². The Hall–Kier alpha value is -1.04. The minimum absolute atomic E-state index is 0.0886. The number of rotatable bonds is 2. The van der Waals surface area contributed by atoms with Crippen LogP contribution in [0.25, 0.3) is 0 Å². The van der Waals surface area contributed by atoms with Gasteiger partial charge < -0.3 is 4.84 Å². The van der Waals surface area contributed by atoms with Gasteiger partial charge in [0.25, 0.3) is 0 Å². The Bertz CT molecular complexity index is 634. The lowest BCUT2D eigenvalue weighted by Gasteiger charge is -2.44. The molecule has 1 aromatic rings. The highest BCUT2D eigenvalue weighted by Crippen LogP contribution is 2.46. The average Bonchev–Trinajstić information content (AvgIpc) is 2.50. The molecule has 1 aromatic carbocycles. The van der Waals surface area contributed by atoms with E-state index in [9.17, 15) is 9.59 Å². The Balaban J connectivity index is 1.85. The van der Waals surface area contributed by atoms with E-state index in [2.05, 4.69) is 15.9 Å². The second-order valence-electron chi connectivity index (χ2n) is 7.28. The first-order valence-corrected chi connectivity index (χ1v) is 9.26. The molecule has 4 nitrogen and oxygen atoms in total. The van der Waals surface area contributed by atoms with Gasteiger partial charge in [-0.3, -0.25) is 9.59 Å². The molecule has 0 unspecified atom stereocenters. The molecule has 2 aliphatic rings. The van der Waals surface area contributed by atoms with Crippen molar-refractivity contribution in [2.45, 2.75) is 45.4 Å². The third-order valence-electron chi connectivity index (χ3n) is 5.63. The second kappa shape index (κ2) is 6.70. The first-order chi connectivity index (χ1) is 11.3. The molecular formula is C19H24BrNO3. The Morgan fingerprint density at radius 2 is 1.58 bits per heavy atom. The smallest absolute Gasteiger partial charge is 0.148 e. The molecule has 24 heavy (non-hydrogen) atoms. The SMILES string of the molecule is CON1CCC2(CC1)CC(=O)C(c1c(C)cc(Br)cc1C)C(=O)C2. The highest BCUT2D eigenvalue weighted by atomic mass is 79.9. The van der Waals surface area contributed by atoms with Crippen molar-refractivity contribution in [2.75, 3.05) is 20.2 Å². The summed E-state index contributed by atoms with van der Waals surface area (Å²) in [6, 6.07) is 3.98. The molecule has 0 radical (unpaired) electrons. The Kier molecular flexibility index (Phi) is 4.96. The number of hydrogen-bond donors (Lipinski definition) is 0. The molecule has 1 aliphatic heterocycles. The molecule has 1 heterocycles. The molecule has 0 N–H and O–H groups in total. The lowest BCUT2D eigenvalue weighted by molar-refractivity contribution is -0.166. The van der Waals surface area contributed by atoms with Gasteiger partial charge in [0.1, 0.15) is 17.5 Å². The van der Waals surface area contributed by atoms with Crippen LogP contribution in [0.4, 0.5) is 0 Å². The van der Waals surface area contributed by atoms with Crippen LogP contribution in [0.5, 0.6) is 0 Å². The van der Waals surface area contributed by atoms with Crippen LogP contribution >= 0.6 is 15.9 Å². The molecule has 0 atom stereocenters. The molecule has 130 valence electrons. The molecular weight excluding hydrogens is 370 g/mol. The minimum Gasteiger partial charge on any atom is -0.302 e. The fourth-order valence-corrected chi connectivity index (χ4v) is 5.07. The van der Waals surface area contributed by atoms with Crippen LogP contribution in [-0.4, -0.2) is 36.8 Å². The number of piperidine rings is 1. The van der Waals surface area contributed by atoms with Crippen molar-refractivity contribution in [1.29, 1.82) is 0 Å². The van der Waals surface area contributed by atoms with Crippen LogP contribution < -0.4 is 0 Å². The molecule has 5 heteroatoms. The largest absolute Gasteiger partial charge is 0.302 e. The van der Waals surface area contributed by atoms with E-state index >= 15 is 0 Å². The van der Waals surface area contributed by atoms with E-state index in [-0.39, 0.29) is 17.0 Å². The quantitative estimate of drug-likeness (QED) is 0.718. The lowest BCUT2D eigenvalue weighted by Crippen LogP contribution is -2.46. The van der Waals surface area contributed by atoms with Crippen molar-refractivity contribution < 1.29 is 14.4 Å². The summed E-state index contributed by atoms with van der Waals surface area (Å²) in [6.07, 6.45) is 2.72. The van der Waals surface area contributed by atoms with E-state index in [1.807, 2.05) is 31.0 Å². The number of carbonyl (C=O) groups is 2. The van der Waals surface area contributed by atoms with E-state index in [0.717, 1.165) is 47.1 Å². The maximum absolute atomic E-state index is 12.9. The van der Waals surface area contributed by atoms with Crippen LogP contribution in [0.1, 0.15) is 48.3 Å². The summed E-state index contributed by atoms with van der Waals surface area (Å²) in [5, 5.41) is 1.91. The monoisotopic (exact) mass is 393 g/mol. The number of carbonyl (C=O) groups excluding carboxylic acids is 2. The third kappa shape index (κ3) is 3.22. The number of hydroxylamine groups is 2. The predicted molar refractivity (Wildman–Crippen MR) is 95.9 cm³/mol. The number of halogens is 1. The molecule has 2 fully saturated rings. The average molecular weight is 394 g/mol. The van der Waals surface area contributed by atoms with Crippen molar-refractivity contribution in [1.82, 2.24) is 5.06 Å². The van der Waals surface area contributed by atoms with Gasteiger partial charge >= 0.3 is 0 Å². The standard InChI is InChI=1S/C19H24BrNO3/c1-12-8-14(20)9-13(2)17(12)18-15(22)10-19(11-16(18)23)4-6-21(24-3)7-5-19/h8-9,18H,4-7,10-11H2,1-3H3. The van der Waals surface area contributed by atoms with Gasteiger partial charge in [-0.1, -0.05) is 15.9 Å². The van der Waals surface area contributed by atoms with Gasteiger partial charge in [0.15, 0.2) is 0 Å². The van der Waals surface area contributed by atoms with Crippen LogP contribution in [0, 0.1) is 19.3 Å². The number of nitrogens with zero attached hydrogens (tertiary/aromatic N) is 1. The van der Waals surface area contributed by atoms with Gasteiger partial charge in [0.05, 0.1) is 7.11 Å². The van der Waals surface area contributed by atoms with E-state index in [1.54, 1.807) is 7.11 Å². The zero-order valence-electron chi connectivity index (χ0n) is 14.5. The van der Waals surface area contributed by atoms with Crippen LogP contribution in [0.15, 0.2) is 16.6 Å². The van der Waals surface area contributed by atoms with E-state index < -0.39 is 5.92 Å². The Labute approximate surface area is 151 Å². The zero-order valence-corrected chi connectivity index (χ0v) is 16.1. The summed E-state index contributed by atoms with van der Waals surface area (Å²) in [6.45, 7) is 5.54.